The summed E-state index contributed by atoms with van der Waals surface area (Å²) in [6, 6.07) is 0. The Balaban J connectivity index is 0.00000220. The van der Waals surface area contributed by atoms with Crippen LogP contribution in [0.2, 0.25) is 0 Å². The largest absolute Gasteiger partial charge is 0.427 e. The van der Waals surface area contributed by atoms with Gasteiger partial charge in [0.15, 0.2) is 0 Å². The molecule has 1 atom stereocenters. The summed E-state index contributed by atoms with van der Waals surface area (Å²) in [6.07, 6.45) is 2.15. The van der Waals surface area contributed by atoms with Crippen LogP contribution in [0.15, 0.2) is 11.8 Å². The molecule has 22 heavy (non-hydrogen) atoms. The topological polar surface area (TPSA) is 104 Å². The second kappa shape index (κ2) is 7.85. The molecular weight excluding hydrogens is 334 g/mol. The van der Waals surface area contributed by atoms with Crippen LogP contribution >= 0.6 is 24.2 Å². The van der Waals surface area contributed by atoms with Crippen LogP contribution in [-0.4, -0.2) is 46.1 Å². The third kappa shape index (κ3) is 4.62. The summed E-state index contributed by atoms with van der Waals surface area (Å²) in [5.41, 5.74) is -0.400. The monoisotopic (exact) mass is 353 g/mol. The number of halogens is 1. The van der Waals surface area contributed by atoms with Crippen molar-refractivity contribution in [3.63, 3.8) is 0 Å². The Bertz CT molecular complexity index is 487. The van der Waals surface area contributed by atoms with E-state index < -0.39 is 24.1 Å². The van der Waals surface area contributed by atoms with Gasteiger partial charge in [0.2, 0.25) is 11.9 Å². The Morgan fingerprint density at radius 2 is 2.00 bits per heavy atom. The van der Waals surface area contributed by atoms with E-state index in [1.165, 1.54) is 17.8 Å². The molecule has 0 aromatic heterocycles. The number of hydrogen-bond donors (Lipinski definition) is 0. The zero-order chi connectivity index (χ0) is 14.9. The maximum atomic E-state index is 11.9. The molecule has 0 spiro atoms. The lowest BCUT2D eigenvalue weighted by Crippen LogP contribution is -2.49. The van der Waals surface area contributed by atoms with Crippen LogP contribution in [-0.2, 0) is 23.9 Å². The number of carbonyl (C=O) groups is 3. The SMILES string of the molecule is CC(C)(C)C(=O)OCOC(=O)C1=CC(=O)SC2CCN12.Cl.O. The minimum Gasteiger partial charge on any atom is -0.427 e. The summed E-state index contributed by atoms with van der Waals surface area (Å²) in [4.78, 5) is 36.7. The Kier molecular flexibility index (Phi) is 7.40. The van der Waals surface area contributed by atoms with Gasteiger partial charge in [0.1, 0.15) is 5.70 Å². The molecule has 2 aliphatic heterocycles. The molecule has 1 unspecified atom stereocenters. The predicted octanol–water partition coefficient (Wildman–Crippen LogP) is 0.863. The molecule has 0 radical (unpaired) electrons. The number of fused-ring (bicyclic) bond motifs is 1. The van der Waals surface area contributed by atoms with Gasteiger partial charge in [0, 0.05) is 12.6 Å². The van der Waals surface area contributed by atoms with Crippen molar-refractivity contribution in [2.45, 2.75) is 32.6 Å². The number of esters is 2. The molecule has 126 valence electrons. The van der Waals surface area contributed by atoms with E-state index in [0.29, 0.717) is 0 Å². The first kappa shape index (κ1) is 20.8. The van der Waals surface area contributed by atoms with Gasteiger partial charge in [-0.25, -0.2) is 4.79 Å². The van der Waals surface area contributed by atoms with Gasteiger partial charge >= 0.3 is 11.9 Å². The van der Waals surface area contributed by atoms with Crippen LogP contribution in [0.1, 0.15) is 27.2 Å². The van der Waals surface area contributed by atoms with E-state index in [4.69, 9.17) is 9.47 Å². The lowest BCUT2D eigenvalue weighted by Gasteiger charge is -2.44. The molecule has 2 rings (SSSR count). The van der Waals surface area contributed by atoms with Gasteiger partial charge in [0.05, 0.1) is 10.8 Å². The van der Waals surface area contributed by atoms with Crippen molar-refractivity contribution in [3.05, 3.63) is 11.8 Å². The minimum absolute atomic E-state index is 0. The third-order valence-corrected chi connectivity index (χ3v) is 4.09. The van der Waals surface area contributed by atoms with Gasteiger partial charge in [-0.3, -0.25) is 9.59 Å². The normalized spacial score (nSPS) is 19.6. The average Bonchev–Trinajstić information content (AvgIpc) is 2.31. The summed E-state index contributed by atoms with van der Waals surface area (Å²) in [5.74, 6) is -1.08. The standard InChI is InChI=1S/C13H17NO5S.ClH.H2O/c1-13(2,3)12(17)19-7-18-11(16)8-6-10(15)20-9-4-5-14(8)9;;/h6,9H,4-5,7H2,1-3H3;1H;1H2. The molecule has 0 saturated carbocycles. The smallest absolute Gasteiger partial charge is 0.357 e. The summed E-state index contributed by atoms with van der Waals surface area (Å²) < 4.78 is 9.75. The summed E-state index contributed by atoms with van der Waals surface area (Å²) in [6.45, 7) is 5.42. The first-order valence-electron chi connectivity index (χ1n) is 6.32. The van der Waals surface area contributed by atoms with E-state index in [-0.39, 0.29) is 34.1 Å². The molecule has 2 N–H and O–H groups in total. The fraction of sp³-hybridized carbons (Fsp3) is 0.615. The molecule has 0 aliphatic carbocycles. The zero-order valence-electron chi connectivity index (χ0n) is 12.6. The zero-order valence-corrected chi connectivity index (χ0v) is 14.2. The van der Waals surface area contributed by atoms with E-state index in [9.17, 15) is 14.4 Å². The number of rotatable bonds is 3. The Labute approximate surface area is 139 Å². The lowest BCUT2D eigenvalue weighted by molar-refractivity contribution is -0.172. The minimum atomic E-state index is -0.647. The summed E-state index contributed by atoms with van der Waals surface area (Å²) in [5, 5.41) is -0.114. The highest BCUT2D eigenvalue weighted by molar-refractivity contribution is 8.14. The molecule has 0 aromatic carbocycles. The summed E-state index contributed by atoms with van der Waals surface area (Å²) in [7, 11) is 0. The number of thioether (sulfide) groups is 1. The molecule has 2 heterocycles. The van der Waals surface area contributed by atoms with Crippen molar-refractivity contribution < 1.29 is 29.3 Å². The van der Waals surface area contributed by atoms with E-state index in [1.54, 1.807) is 20.8 Å². The number of ether oxygens (including phenoxy) is 2. The maximum Gasteiger partial charge on any atom is 0.357 e. The van der Waals surface area contributed by atoms with E-state index in [1.807, 2.05) is 4.90 Å². The van der Waals surface area contributed by atoms with Crippen LogP contribution < -0.4 is 0 Å². The van der Waals surface area contributed by atoms with Crippen molar-refractivity contribution in [2.24, 2.45) is 5.41 Å². The summed E-state index contributed by atoms with van der Waals surface area (Å²) >= 11 is 1.21. The van der Waals surface area contributed by atoms with Crippen LogP contribution in [0.4, 0.5) is 0 Å². The van der Waals surface area contributed by atoms with Crippen molar-refractivity contribution >= 4 is 41.2 Å². The second-order valence-electron chi connectivity index (χ2n) is 5.63. The van der Waals surface area contributed by atoms with Gasteiger partial charge in [-0.15, -0.1) is 12.4 Å². The second-order valence-corrected chi connectivity index (χ2v) is 6.82. The Morgan fingerprint density at radius 1 is 1.36 bits per heavy atom. The van der Waals surface area contributed by atoms with Gasteiger partial charge in [-0.05, 0) is 27.2 Å². The molecule has 1 fully saturated rings. The van der Waals surface area contributed by atoms with Gasteiger partial charge in [-0.2, -0.15) is 0 Å². The van der Waals surface area contributed by atoms with Crippen molar-refractivity contribution in [2.75, 3.05) is 13.3 Å². The molecule has 0 amide bonds. The number of hydrogen-bond acceptors (Lipinski definition) is 7. The quantitative estimate of drug-likeness (QED) is 0.547. The first-order chi connectivity index (χ1) is 9.29. The molecule has 0 aromatic rings. The highest BCUT2D eigenvalue weighted by Gasteiger charge is 2.39. The maximum absolute atomic E-state index is 11.9. The highest BCUT2D eigenvalue weighted by atomic mass is 35.5. The van der Waals surface area contributed by atoms with Crippen LogP contribution in [0.3, 0.4) is 0 Å². The molecule has 9 heteroatoms. The van der Waals surface area contributed by atoms with Crippen molar-refractivity contribution in [1.29, 1.82) is 0 Å². The fourth-order valence-corrected chi connectivity index (χ4v) is 2.74. The third-order valence-electron chi connectivity index (χ3n) is 2.98. The number of carbonyl (C=O) groups excluding carboxylic acids is 3. The highest BCUT2D eigenvalue weighted by Crippen LogP contribution is 2.36. The van der Waals surface area contributed by atoms with E-state index >= 15 is 0 Å². The molecular formula is C13H20ClNO6S. The van der Waals surface area contributed by atoms with Gasteiger partial charge in [0.25, 0.3) is 0 Å². The molecule has 0 bridgehead atoms. The van der Waals surface area contributed by atoms with Crippen LogP contribution in [0.5, 0.6) is 0 Å². The van der Waals surface area contributed by atoms with Gasteiger partial charge in [-0.1, -0.05) is 11.8 Å². The average molecular weight is 354 g/mol. The molecule has 2 aliphatic rings. The number of nitrogens with zero attached hydrogens (tertiary/aromatic N) is 1. The van der Waals surface area contributed by atoms with Gasteiger partial charge < -0.3 is 19.8 Å². The van der Waals surface area contributed by atoms with E-state index in [0.717, 1.165) is 13.0 Å². The molecule has 7 nitrogen and oxygen atoms in total. The van der Waals surface area contributed by atoms with Crippen molar-refractivity contribution in [3.8, 4) is 0 Å². The Hall–Kier alpha value is -1.25. The predicted molar refractivity (Wildman–Crippen MR) is 83.2 cm³/mol. The van der Waals surface area contributed by atoms with Crippen LogP contribution in [0.25, 0.3) is 0 Å². The van der Waals surface area contributed by atoms with E-state index in [2.05, 4.69) is 0 Å². The Morgan fingerprint density at radius 3 is 2.50 bits per heavy atom. The first-order valence-corrected chi connectivity index (χ1v) is 7.20. The lowest BCUT2D eigenvalue weighted by atomic mass is 9.98. The fourth-order valence-electron chi connectivity index (χ4n) is 1.73. The molecule has 1 saturated heterocycles. The van der Waals surface area contributed by atoms with Crippen molar-refractivity contribution in [1.82, 2.24) is 4.90 Å². The van der Waals surface area contributed by atoms with Crippen LogP contribution in [0, 0.1) is 5.41 Å².